The Balaban J connectivity index is 2.13. The van der Waals surface area contributed by atoms with Crippen LogP contribution in [0.1, 0.15) is 42.7 Å². The maximum Gasteiger partial charge on any atom is 0.268 e. The van der Waals surface area contributed by atoms with Crippen LogP contribution in [0.5, 0.6) is 0 Å². The molecule has 1 aliphatic rings. The summed E-state index contributed by atoms with van der Waals surface area (Å²) in [5.74, 6) is -0.239. The zero-order valence-electron chi connectivity index (χ0n) is 10.6. The highest BCUT2D eigenvalue weighted by Gasteiger charge is 2.32. The standard InChI is InChI=1S/C13H20N2O3/c1-2-13(8-16,9-17)14-12(18)11-4-3-7-15(11)10-5-6-10/h3-4,7,10,16-17H,2,5-6,8-9H2,1H3,(H,14,18). The van der Waals surface area contributed by atoms with Crippen molar-refractivity contribution in [1.29, 1.82) is 0 Å². The van der Waals surface area contributed by atoms with Gasteiger partial charge in [-0.2, -0.15) is 0 Å². The first-order valence-corrected chi connectivity index (χ1v) is 6.37. The molecule has 1 aromatic heterocycles. The van der Waals surface area contributed by atoms with E-state index in [2.05, 4.69) is 5.32 Å². The molecule has 0 aliphatic heterocycles. The van der Waals surface area contributed by atoms with Gasteiger partial charge >= 0.3 is 0 Å². The van der Waals surface area contributed by atoms with Crippen LogP contribution in [0, 0.1) is 0 Å². The molecule has 0 spiro atoms. The minimum Gasteiger partial charge on any atom is -0.394 e. The van der Waals surface area contributed by atoms with Crippen LogP contribution in [0.2, 0.25) is 0 Å². The lowest BCUT2D eigenvalue weighted by Gasteiger charge is -2.29. The summed E-state index contributed by atoms with van der Waals surface area (Å²) in [6.45, 7) is 1.29. The van der Waals surface area contributed by atoms with Crippen molar-refractivity contribution in [3.63, 3.8) is 0 Å². The van der Waals surface area contributed by atoms with Crippen molar-refractivity contribution in [2.24, 2.45) is 0 Å². The molecule has 1 amide bonds. The van der Waals surface area contributed by atoms with Crippen LogP contribution in [-0.4, -0.2) is 39.4 Å². The number of amides is 1. The van der Waals surface area contributed by atoms with Gasteiger partial charge in [0.2, 0.25) is 0 Å². The highest BCUT2D eigenvalue weighted by molar-refractivity contribution is 5.93. The zero-order valence-corrected chi connectivity index (χ0v) is 10.6. The normalized spacial score (nSPS) is 15.7. The van der Waals surface area contributed by atoms with Gasteiger partial charge in [0, 0.05) is 12.2 Å². The van der Waals surface area contributed by atoms with Crippen LogP contribution in [0.3, 0.4) is 0 Å². The molecule has 0 saturated heterocycles. The number of hydrogen-bond acceptors (Lipinski definition) is 3. The van der Waals surface area contributed by atoms with Crippen molar-refractivity contribution in [1.82, 2.24) is 9.88 Å². The maximum atomic E-state index is 12.2. The quantitative estimate of drug-likeness (QED) is 0.697. The van der Waals surface area contributed by atoms with E-state index in [0.717, 1.165) is 12.8 Å². The van der Waals surface area contributed by atoms with Gasteiger partial charge in [0.15, 0.2) is 0 Å². The Labute approximate surface area is 106 Å². The average Bonchev–Trinajstić information content (AvgIpc) is 3.13. The summed E-state index contributed by atoms with van der Waals surface area (Å²) in [5, 5.41) is 21.4. The van der Waals surface area contributed by atoms with Crippen molar-refractivity contribution in [3.05, 3.63) is 24.0 Å². The molecule has 0 atom stereocenters. The number of carbonyl (C=O) groups excluding carboxylic acids is 1. The van der Waals surface area contributed by atoms with Crippen LogP contribution < -0.4 is 5.32 Å². The van der Waals surface area contributed by atoms with Gasteiger partial charge in [0.05, 0.1) is 18.8 Å². The second-order valence-corrected chi connectivity index (χ2v) is 4.94. The van der Waals surface area contributed by atoms with Crippen LogP contribution in [0.15, 0.2) is 18.3 Å². The third kappa shape index (κ3) is 2.42. The molecule has 0 bridgehead atoms. The SMILES string of the molecule is CCC(CO)(CO)NC(=O)c1cccn1C1CC1. The van der Waals surface area contributed by atoms with Gasteiger partial charge in [-0.05, 0) is 31.4 Å². The molecule has 5 nitrogen and oxygen atoms in total. The molecular weight excluding hydrogens is 232 g/mol. The number of nitrogens with zero attached hydrogens (tertiary/aromatic N) is 1. The van der Waals surface area contributed by atoms with Crippen LogP contribution >= 0.6 is 0 Å². The molecule has 1 aliphatic carbocycles. The largest absolute Gasteiger partial charge is 0.394 e. The van der Waals surface area contributed by atoms with E-state index in [4.69, 9.17) is 0 Å². The predicted octanol–water partition coefficient (Wildman–Crippen LogP) is 0.686. The fourth-order valence-electron chi connectivity index (χ4n) is 2.00. The van der Waals surface area contributed by atoms with E-state index in [-0.39, 0.29) is 19.1 Å². The van der Waals surface area contributed by atoms with Gasteiger partial charge in [-0.3, -0.25) is 4.79 Å². The fraction of sp³-hybridized carbons (Fsp3) is 0.615. The van der Waals surface area contributed by atoms with Gasteiger partial charge in [0.1, 0.15) is 5.69 Å². The molecule has 1 saturated carbocycles. The fourth-order valence-corrected chi connectivity index (χ4v) is 2.00. The molecule has 100 valence electrons. The summed E-state index contributed by atoms with van der Waals surface area (Å²) in [6, 6.07) is 4.04. The molecule has 0 unspecified atom stereocenters. The van der Waals surface area contributed by atoms with Gasteiger partial charge in [-0.25, -0.2) is 0 Å². The van der Waals surface area contributed by atoms with Crippen molar-refractivity contribution in [2.75, 3.05) is 13.2 Å². The zero-order chi connectivity index (χ0) is 13.2. The molecule has 1 heterocycles. The Hall–Kier alpha value is -1.33. The number of aliphatic hydroxyl groups excluding tert-OH is 2. The highest BCUT2D eigenvalue weighted by Crippen LogP contribution is 2.36. The molecule has 0 radical (unpaired) electrons. The van der Waals surface area contributed by atoms with Crippen molar-refractivity contribution in [2.45, 2.75) is 37.8 Å². The number of rotatable bonds is 6. The lowest BCUT2D eigenvalue weighted by atomic mass is 9.98. The van der Waals surface area contributed by atoms with Crippen molar-refractivity contribution in [3.8, 4) is 0 Å². The monoisotopic (exact) mass is 252 g/mol. The Morgan fingerprint density at radius 3 is 2.67 bits per heavy atom. The maximum absolute atomic E-state index is 12.2. The van der Waals surface area contributed by atoms with E-state index in [1.165, 1.54) is 0 Å². The lowest BCUT2D eigenvalue weighted by molar-refractivity contribution is 0.0645. The van der Waals surface area contributed by atoms with E-state index in [1.807, 2.05) is 23.8 Å². The first-order valence-electron chi connectivity index (χ1n) is 6.37. The molecule has 2 rings (SSSR count). The Kier molecular flexibility index (Phi) is 3.73. The van der Waals surface area contributed by atoms with Crippen LogP contribution in [0.25, 0.3) is 0 Å². The number of aliphatic hydroxyl groups is 2. The van der Waals surface area contributed by atoms with E-state index in [1.54, 1.807) is 6.07 Å². The molecule has 18 heavy (non-hydrogen) atoms. The molecule has 1 aromatic rings. The average molecular weight is 252 g/mol. The Morgan fingerprint density at radius 1 is 1.50 bits per heavy atom. The van der Waals surface area contributed by atoms with Crippen molar-refractivity contribution < 1.29 is 15.0 Å². The first-order chi connectivity index (χ1) is 8.65. The number of nitrogens with one attached hydrogen (secondary N) is 1. The van der Waals surface area contributed by atoms with Gasteiger partial charge in [-0.1, -0.05) is 6.92 Å². The summed E-state index contributed by atoms with van der Waals surface area (Å²) < 4.78 is 1.96. The third-order valence-corrected chi connectivity index (χ3v) is 3.61. The molecular formula is C13H20N2O3. The third-order valence-electron chi connectivity index (χ3n) is 3.61. The van der Waals surface area contributed by atoms with Crippen molar-refractivity contribution >= 4 is 5.91 Å². The number of aromatic nitrogens is 1. The summed E-state index contributed by atoms with van der Waals surface area (Å²) in [4.78, 5) is 12.2. The van der Waals surface area contributed by atoms with E-state index in [9.17, 15) is 15.0 Å². The summed E-state index contributed by atoms with van der Waals surface area (Å²) in [7, 11) is 0. The Morgan fingerprint density at radius 2 is 2.17 bits per heavy atom. The van der Waals surface area contributed by atoms with Gasteiger partial charge in [0.25, 0.3) is 5.91 Å². The van der Waals surface area contributed by atoms with Gasteiger partial charge in [-0.15, -0.1) is 0 Å². The summed E-state index contributed by atoms with van der Waals surface area (Å²) in [6.07, 6.45) is 4.59. The number of hydrogen-bond donors (Lipinski definition) is 3. The minimum absolute atomic E-state index is 0.239. The molecule has 0 aromatic carbocycles. The molecule has 5 heteroatoms. The van der Waals surface area contributed by atoms with Crippen LogP contribution in [0.4, 0.5) is 0 Å². The van der Waals surface area contributed by atoms with Crippen LogP contribution in [-0.2, 0) is 0 Å². The van der Waals surface area contributed by atoms with E-state index in [0.29, 0.717) is 18.2 Å². The molecule has 3 N–H and O–H groups in total. The summed E-state index contributed by atoms with van der Waals surface area (Å²) >= 11 is 0. The smallest absolute Gasteiger partial charge is 0.268 e. The predicted molar refractivity (Wildman–Crippen MR) is 67.4 cm³/mol. The number of carbonyl (C=O) groups is 1. The van der Waals surface area contributed by atoms with E-state index >= 15 is 0 Å². The first kappa shape index (κ1) is 13.1. The second kappa shape index (κ2) is 5.12. The highest BCUT2D eigenvalue weighted by atomic mass is 16.3. The summed E-state index contributed by atoms with van der Waals surface area (Å²) in [5.41, 5.74) is -0.340. The lowest BCUT2D eigenvalue weighted by Crippen LogP contribution is -2.54. The second-order valence-electron chi connectivity index (χ2n) is 4.94. The topological polar surface area (TPSA) is 74.5 Å². The van der Waals surface area contributed by atoms with Gasteiger partial charge < -0.3 is 20.1 Å². The Bertz CT molecular complexity index is 411. The molecule has 1 fully saturated rings. The van der Waals surface area contributed by atoms with E-state index < -0.39 is 5.54 Å². The minimum atomic E-state index is -0.935.